The van der Waals surface area contributed by atoms with Gasteiger partial charge in [-0.1, -0.05) is 12.1 Å². The zero-order valence-electron chi connectivity index (χ0n) is 15.5. The fourth-order valence-corrected chi connectivity index (χ4v) is 2.79. The van der Waals surface area contributed by atoms with Crippen LogP contribution in [0.4, 0.5) is 4.39 Å². The summed E-state index contributed by atoms with van der Waals surface area (Å²) in [5.41, 5.74) is 1.66. The molecule has 6 nitrogen and oxygen atoms in total. The summed E-state index contributed by atoms with van der Waals surface area (Å²) in [4.78, 5) is 0. The molecule has 0 radical (unpaired) electrons. The van der Waals surface area contributed by atoms with E-state index in [9.17, 15) is 4.39 Å². The van der Waals surface area contributed by atoms with Crippen molar-refractivity contribution in [2.24, 2.45) is 0 Å². The zero-order chi connectivity index (χ0) is 19.0. The van der Waals surface area contributed by atoms with Crippen LogP contribution in [-0.4, -0.2) is 26.1 Å². The van der Waals surface area contributed by atoms with E-state index in [1.165, 1.54) is 18.9 Å². The molecular weight excluding hydrogens is 347 g/mol. The molecule has 140 valence electrons. The number of para-hydroxylation sites is 1. The van der Waals surface area contributed by atoms with Gasteiger partial charge in [0.05, 0.1) is 17.5 Å². The van der Waals surface area contributed by atoms with Gasteiger partial charge < -0.3 is 9.47 Å². The van der Waals surface area contributed by atoms with Gasteiger partial charge in [0, 0.05) is 5.92 Å². The third-order valence-corrected chi connectivity index (χ3v) is 4.31. The number of benzene rings is 1. The number of ether oxygens (including phenoxy) is 2. The van der Waals surface area contributed by atoms with Crippen molar-refractivity contribution >= 4 is 0 Å². The molecule has 0 saturated heterocycles. The Morgan fingerprint density at radius 3 is 2.52 bits per heavy atom. The molecule has 0 unspecified atom stereocenters. The molecule has 27 heavy (non-hydrogen) atoms. The second-order valence-corrected chi connectivity index (χ2v) is 6.92. The maximum Gasteiger partial charge on any atom is 0.277 e. The standard InChI is InChI=1S/C20H21FN4O2/c1-12(2)26-20-19(27-17-7-5-4-6-15(17)21)13(3)25(24-20)18-11-10-16(22-23-18)14-8-9-14/h4-7,10-12,14H,8-9H2,1-3H3. The van der Waals surface area contributed by atoms with Gasteiger partial charge in [0.25, 0.3) is 5.88 Å². The van der Waals surface area contributed by atoms with E-state index in [2.05, 4.69) is 15.3 Å². The molecule has 4 rings (SSSR count). The maximum absolute atomic E-state index is 14.0. The molecule has 2 heterocycles. The minimum Gasteiger partial charge on any atom is -0.471 e. The van der Waals surface area contributed by atoms with E-state index in [0.29, 0.717) is 29.1 Å². The monoisotopic (exact) mass is 368 g/mol. The van der Waals surface area contributed by atoms with Gasteiger partial charge in [-0.3, -0.25) is 0 Å². The maximum atomic E-state index is 14.0. The van der Waals surface area contributed by atoms with Gasteiger partial charge in [-0.05, 0) is 57.9 Å². The van der Waals surface area contributed by atoms with Gasteiger partial charge in [-0.25, -0.2) is 9.07 Å². The van der Waals surface area contributed by atoms with Crippen LogP contribution >= 0.6 is 0 Å². The van der Waals surface area contributed by atoms with Gasteiger partial charge in [0.2, 0.25) is 5.75 Å². The third-order valence-electron chi connectivity index (χ3n) is 4.31. The molecule has 0 aliphatic heterocycles. The third kappa shape index (κ3) is 3.63. The van der Waals surface area contributed by atoms with Crippen LogP contribution in [0.25, 0.3) is 5.82 Å². The van der Waals surface area contributed by atoms with Gasteiger partial charge in [-0.15, -0.1) is 10.2 Å². The molecule has 0 spiro atoms. The Morgan fingerprint density at radius 2 is 1.89 bits per heavy atom. The van der Waals surface area contributed by atoms with Gasteiger partial charge in [0.1, 0.15) is 0 Å². The molecule has 2 aromatic heterocycles. The number of nitrogens with zero attached hydrogens (tertiary/aromatic N) is 4. The van der Waals surface area contributed by atoms with Crippen molar-refractivity contribution in [2.45, 2.75) is 45.6 Å². The first-order chi connectivity index (χ1) is 13.0. The van der Waals surface area contributed by atoms with Gasteiger partial charge in [0.15, 0.2) is 17.4 Å². The Hall–Kier alpha value is -2.96. The summed E-state index contributed by atoms with van der Waals surface area (Å²) in [6.07, 6.45) is 2.22. The highest BCUT2D eigenvalue weighted by atomic mass is 19.1. The van der Waals surface area contributed by atoms with Crippen molar-refractivity contribution in [2.75, 3.05) is 0 Å². The van der Waals surface area contributed by atoms with Crippen molar-refractivity contribution in [1.82, 2.24) is 20.0 Å². The molecule has 3 aromatic rings. The second-order valence-electron chi connectivity index (χ2n) is 6.92. The Labute approximate surface area is 157 Å². The zero-order valence-corrected chi connectivity index (χ0v) is 15.5. The van der Waals surface area contributed by atoms with E-state index < -0.39 is 5.82 Å². The summed E-state index contributed by atoms with van der Waals surface area (Å²) in [6.45, 7) is 5.61. The summed E-state index contributed by atoms with van der Waals surface area (Å²) in [5.74, 6) is 1.41. The highest BCUT2D eigenvalue weighted by molar-refractivity contribution is 5.45. The predicted octanol–water partition coefficient (Wildman–Crippen LogP) is 4.57. The number of aromatic nitrogens is 4. The molecule has 1 aliphatic carbocycles. The lowest BCUT2D eigenvalue weighted by molar-refractivity contribution is 0.223. The number of rotatable bonds is 6. The number of halogens is 1. The number of hydrogen-bond donors (Lipinski definition) is 0. The SMILES string of the molecule is Cc1c(Oc2ccccc2F)c(OC(C)C)nn1-c1ccc(C2CC2)nn1. The van der Waals surface area contributed by atoms with Gasteiger partial charge in [-0.2, -0.15) is 5.10 Å². The average molecular weight is 368 g/mol. The van der Waals surface area contributed by atoms with Crippen LogP contribution in [0.3, 0.4) is 0 Å². The lowest BCUT2D eigenvalue weighted by atomic mass is 10.3. The lowest BCUT2D eigenvalue weighted by Crippen LogP contribution is -2.08. The highest BCUT2D eigenvalue weighted by Crippen LogP contribution is 2.39. The molecular formula is C20H21FN4O2. The first kappa shape index (κ1) is 17.5. The normalized spacial score (nSPS) is 13.8. The summed E-state index contributed by atoms with van der Waals surface area (Å²) in [7, 11) is 0. The predicted molar refractivity (Wildman–Crippen MR) is 98.1 cm³/mol. The van der Waals surface area contributed by atoms with Crippen LogP contribution in [0.5, 0.6) is 17.4 Å². The van der Waals surface area contributed by atoms with Crippen LogP contribution in [0, 0.1) is 12.7 Å². The summed E-state index contributed by atoms with van der Waals surface area (Å²) < 4.78 is 27.2. The van der Waals surface area contributed by atoms with Crippen LogP contribution in [0.1, 0.15) is 44.0 Å². The van der Waals surface area contributed by atoms with Crippen LogP contribution in [0.2, 0.25) is 0 Å². The molecule has 1 saturated carbocycles. The topological polar surface area (TPSA) is 62.1 Å². The summed E-state index contributed by atoms with van der Waals surface area (Å²) in [6, 6.07) is 10.1. The average Bonchev–Trinajstić information content (AvgIpc) is 3.45. The molecule has 1 aromatic carbocycles. The van der Waals surface area contributed by atoms with Crippen molar-refractivity contribution in [1.29, 1.82) is 0 Å². The summed E-state index contributed by atoms with van der Waals surface area (Å²) in [5, 5.41) is 13.1. The minimum absolute atomic E-state index is 0.112. The molecule has 1 aliphatic rings. The van der Waals surface area contributed by atoms with Gasteiger partial charge >= 0.3 is 0 Å². The quantitative estimate of drug-likeness (QED) is 0.638. The number of hydrogen-bond acceptors (Lipinski definition) is 5. The molecule has 0 amide bonds. The van der Waals surface area contributed by atoms with E-state index in [4.69, 9.17) is 9.47 Å². The van der Waals surface area contributed by atoms with Crippen LogP contribution < -0.4 is 9.47 Å². The van der Waals surface area contributed by atoms with E-state index in [1.54, 1.807) is 22.9 Å². The van der Waals surface area contributed by atoms with E-state index in [1.807, 2.05) is 32.9 Å². The fraction of sp³-hybridized carbons (Fsp3) is 0.350. The van der Waals surface area contributed by atoms with Crippen molar-refractivity contribution in [3.63, 3.8) is 0 Å². The first-order valence-corrected chi connectivity index (χ1v) is 9.05. The van der Waals surface area contributed by atoms with Crippen LogP contribution in [-0.2, 0) is 0 Å². The minimum atomic E-state index is -0.450. The van der Waals surface area contributed by atoms with E-state index >= 15 is 0 Å². The molecule has 0 atom stereocenters. The fourth-order valence-electron chi connectivity index (χ4n) is 2.79. The van der Waals surface area contributed by atoms with Crippen molar-refractivity contribution in [3.05, 3.63) is 53.6 Å². The highest BCUT2D eigenvalue weighted by Gasteiger charge is 2.26. The summed E-state index contributed by atoms with van der Waals surface area (Å²) >= 11 is 0. The largest absolute Gasteiger partial charge is 0.471 e. The molecule has 0 bridgehead atoms. The smallest absolute Gasteiger partial charge is 0.277 e. The first-order valence-electron chi connectivity index (χ1n) is 9.05. The Bertz CT molecular complexity index is 949. The second kappa shape index (κ2) is 6.98. The Morgan fingerprint density at radius 1 is 1.11 bits per heavy atom. The molecule has 7 heteroatoms. The Balaban J connectivity index is 1.72. The Kier molecular flexibility index (Phi) is 4.51. The molecule has 1 fully saturated rings. The molecule has 0 N–H and O–H groups in total. The van der Waals surface area contributed by atoms with E-state index in [-0.39, 0.29) is 11.9 Å². The van der Waals surface area contributed by atoms with Crippen LogP contribution in [0.15, 0.2) is 36.4 Å². The van der Waals surface area contributed by atoms with Crippen molar-refractivity contribution < 1.29 is 13.9 Å². The van der Waals surface area contributed by atoms with Crippen molar-refractivity contribution in [3.8, 4) is 23.2 Å². The van der Waals surface area contributed by atoms with E-state index in [0.717, 1.165) is 5.69 Å². The lowest BCUT2D eigenvalue weighted by Gasteiger charge is -2.10.